The molecule has 1 aliphatic carbocycles. The number of rotatable bonds is 7. The molecule has 0 unspecified atom stereocenters. The molecule has 0 radical (unpaired) electrons. The lowest BCUT2D eigenvalue weighted by atomic mass is 10.2. The van der Waals surface area contributed by atoms with E-state index in [-0.39, 0.29) is 18.2 Å². The van der Waals surface area contributed by atoms with Gasteiger partial charge in [0.2, 0.25) is 0 Å². The Hall–Kier alpha value is -0.460. The summed E-state index contributed by atoms with van der Waals surface area (Å²) in [5.74, 6) is 1.84. The molecule has 0 bridgehead atoms. The van der Waals surface area contributed by atoms with Gasteiger partial charge in [0.25, 0.3) is 0 Å². The van der Waals surface area contributed by atoms with E-state index in [1.165, 1.54) is 12.8 Å². The first-order valence-corrected chi connectivity index (χ1v) is 9.32. The number of nitrogens with one attached hydrogen (secondary N) is 1. The standard InChI is InChI=1S/C15H29N3O2S/c1-12(11-21-3)16-15(19)18-6-7-20-14(10-18)9-17(2)8-13-4-5-13/h12-14H,4-11H2,1-3H3,(H,16,19)/t12-,14+/m0/s1. The van der Waals surface area contributed by atoms with Crippen molar-refractivity contribution in [2.45, 2.75) is 31.9 Å². The predicted octanol–water partition coefficient (Wildman–Crippen LogP) is 1.49. The van der Waals surface area contributed by atoms with Gasteiger partial charge in [0.15, 0.2) is 0 Å². The Balaban J connectivity index is 1.72. The van der Waals surface area contributed by atoms with Gasteiger partial charge in [-0.1, -0.05) is 0 Å². The van der Waals surface area contributed by atoms with Gasteiger partial charge >= 0.3 is 6.03 Å². The normalized spacial score (nSPS) is 24.2. The minimum absolute atomic E-state index is 0.0506. The molecule has 1 heterocycles. The maximum absolute atomic E-state index is 12.2. The predicted molar refractivity (Wildman–Crippen MR) is 87.9 cm³/mol. The second-order valence-electron chi connectivity index (χ2n) is 6.41. The van der Waals surface area contributed by atoms with Crippen molar-refractivity contribution in [2.24, 2.45) is 5.92 Å². The van der Waals surface area contributed by atoms with Crippen LogP contribution in [-0.4, -0.2) is 79.8 Å². The van der Waals surface area contributed by atoms with Gasteiger partial charge in [0, 0.05) is 38.0 Å². The number of hydrogen-bond acceptors (Lipinski definition) is 4. The van der Waals surface area contributed by atoms with Gasteiger partial charge in [-0.05, 0) is 39.0 Å². The monoisotopic (exact) mass is 315 g/mol. The Bertz CT molecular complexity index is 339. The second kappa shape index (κ2) is 8.25. The Morgan fingerprint density at radius 2 is 2.24 bits per heavy atom. The first kappa shape index (κ1) is 16.9. The number of ether oxygens (including phenoxy) is 1. The number of morpholine rings is 1. The molecule has 0 aromatic carbocycles. The topological polar surface area (TPSA) is 44.8 Å². The van der Waals surface area contributed by atoms with Crippen LogP contribution in [0.25, 0.3) is 0 Å². The van der Waals surface area contributed by atoms with Crippen LogP contribution < -0.4 is 5.32 Å². The summed E-state index contributed by atoms with van der Waals surface area (Å²) < 4.78 is 5.82. The largest absolute Gasteiger partial charge is 0.373 e. The number of carbonyl (C=O) groups excluding carboxylic acids is 1. The van der Waals surface area contributed by atoms with Gasteiger partial charge < -0.3 is 19.9 Å². The summed E-state index contributed by atoms with van der Waals surface area (Å²) in [4.78, 5) is 16.5. The van der Waals surface area contributed by atoms with Gasteiger partial charge in [-0.25, -0.2) is 4.79 Å². The highest BCUT2D eigenvalue weighted by molar-refractivity contribution is 7.98. The Labute approximate surface area is 132 Å². The van der Waals surface area contributed by atoms with E-state index in [2.05, 4.69) is 30.4 Å². The minimum Gasteiger partial charge on any atom is -0.373 e. The van der Waals surface area contributed by atoms with Gasteiger partial charge in [0.05, 0.1) is 12.7 Å². The highest BCUT2D eigenvalue weighted by Crippen LogP contribution is 2.29. The van der Waals surface area contributed by atoms with E-state index in [4.69, 9.17) is 4.74 Å². The van der Waals surface area contributed by atoms with Crippen LogP contribution in [0.4, 0.5) is 4.79 Å². The molecular weight excluding hydrogens is 286 g/mol. The summed E-state index contributed by atoms with van der Waals surface area (Å²) in [5.41, 5.74) is 0. The van der Waals surface area contributed by atoms with Gasteiger partial charge in [-0.3, -0.25) is 0 Å². The summed E-state index contributed by atoms with van der Waals surface area (Å²) in [7, 11) is 2.15. The molecule has 6 heteroatoms. The zero-order chi connectivity index (χ0) is 15.2. The number of hydrogen-bond donors (Lipinski definition) is 1. The van der Waals surface area contributed by atoms with Crippen LogP contribution in [0.5, 0.6) is 0 Å². The lowest BCUT2D eigenvalue weighted by molar-refractivity contribution is -0.0279. The smallest absolute Gasteiger partial charge is 0.317 e. The molecule has 0 aromatic rings. The molecule has 1 aliphatic heterocycles. The summed E-state index contributed by atoms with van der Waals surface area (Å²) in [5, 5.41) is 3.06. The lowest BCUT2D eigenvalue weighted by Gasteiger charge is -2.35. The van der Waals surface area contributed by atoms with E-state index < -0.39 is 0 Å². The first-order valence-electron chi connectivity index (χ1n) is 7.93. The summed E-state index contributed by atoms with van der Waals surface area (Å²) in [6.45, 7) is 6.17. The number of nitrogens with zero attached hydrogens (tertiary/aromatic N) is 2. The van der Waals surface area contributed by atoms with Crippen LogP contribution >= 0.6 is 11.8 Å². The van der Waals surface area contributed by atoms with E-state index in [1.54, 1.807) is 11.8 Å². The molecule has 2 aliphatic rings. The Kier molecular flexibility index (Phi) is 6.64. The molecule has 1 N–H and O–H groups in total. The molecule has 2 fully saturated rings. The van der Waals surface area contributed by atoms with Crippen molar-refractivity contribution < 1.29 is 9.53 Å². The molecule has 2 atom stereocenters. The van der Waals surface area contributed by atoms with Crippen molar-refractivity contribution in [1.82, 2.24) is 15.1 Å². The zero-order valence-electron chi connectivity index (χ0n) is 13.5. The number of urea groups is 1. The highest BCUT2D eigenvalue weighted by Gasteiger charge is 2.28. The summed E-state index contributed by atoms with van der Waals surface area (Å²) in [6, 6.07) is 0.265. The molecule has 0 spiro atoms. The maximum atomic E-state index is 12.2. The minimum atomic E-state index is 0.0506. The third kappa shape index (κ3) is 6.04. The first-order chi connectivity index (χ1) is 10.1. The number of likely N-dealkylation sites (N-methyl/N-ethyl adjacent to an activating group) is 1. The number of amides is 2. The molecule has 0 aromatic heterocycles. The molecule has 2 rings (SSSR count). The van der Waals surface area contributed by atoms with E-state index in [0.717, 1.165) is 24.8 Å². The Morgan fingerprint density at radius 1 is 1.48 bits per heavy atom. The van der Waals surface area contributed by atoms with E-state index in [1.807, 2.05) is 4.90 Å². The van der Waals surface area contributed by atoms with Crippen molar-refractivity contribution in [3.05, 3.63) is 0 Å². The lowest BCUT2D eigenvalue weighted by Crippen LogP contribution is -2.53. The van der Waals surface area contributed by atoms with Crippen molar-refractivity contribution in [3.8, 4) is 0 Å². The van der Waals surface area contributed by atoms with Crippen LogP contribution in [0.2, 0.25) is 0 Å². The average molecular weight is 315 g/mol. The maximum Gasteiger partial charge on any atom is 0.317 e. The molecule has 5 nitrogen and oxygen atoms in total. The molecule has 2 amide bonds. The van der Waals surface area contributed by atoms with Crippen LogP contribution in [0.15, 0.2) is 0 Å². The number of thioether (sulfide) groups is 1. The van der Waals surface area contributed by atoms with Crippen molar-refractivity contribution in [2.75, 3.05) is 51.8 Å². The molecule has 1 saturated heterocycles. The Morgan fingerprint density at radius 3 is 2.90 bits per heavy atom. The second-order valence-corrected chi connectivity index (χ2v) is 7.32. The van der Waals surface area contributed by atoms with E-state index in [0.29, 0.717) is 19.7 Å². The van der Waals surface area contributed by atoms with Gasteiger partial charge in [-0.15, -0.1) is 0 Å². The quantitative estimate of drug-likeness (QED) is 0.773. The molecule has 1 saturated carbocycles. The van der Waals surface area contributed by atoms with Gasteiger partial charge in [-0.2, -0.15) is 11.8 Å². The van der Waals surface area contributed by atoms with E-state index >= 15 is 0 Å². The van der Waals surface area contributed by atoms with Crippen molar-refractivity contribution >= 4 is 17.8 Å². The third-order valence-corrected chi connectivity index (χ3v) is 4.83. The zero-order valence-corrected chi connectivity index (χ0v) is 14.3. The van der Waals surface area contributed by atoms with Crippen LogP contribution in [0, 0.1) is 5.92 Å². The SMILES string of the molecule is CSC[C@H](C)NC(=O)N1CCO[C@H](CN(C)CC2CC2)C1. The van der Waals surface area contributed by atoms with E-state index in [9.17, 15) is 4.79 Å². The van der Waals surface area contributed by atoms with Crippen molar-refractivity contribution in [3.63, 3.8) is 0 Å². The fraction of sp³-hybridized carbons (Fsp3) is 0.933. The van der Waals surface area contributed by atoms with Crippen LogP contribution in [0.3, 0.4) is 0 Å². The summed E-state index contributed by atoms with van der Waals surface area (Å²) in [6.07, 6.45) is 4.95. The average Bonchev–Trinajstić information content (AvgIpc) is 3.23. The fourth-order valence-electron chi connectivity index (χ4n) is 2.77. The van der Waals surface area contributed by atoms with Crippen LogP contribution in [0.1, 0.15) is 19.8 Å². The molecular formula is C15H29N3O2S. The fourth-order valence-corrected chi connectivity index (χ4v) is 3.35. The van der Waals surface area contributed by atoms with Crippen LogP contribution in [-0.2, 0) is 4.74 Å². The number of carbonyl (C=O) groups is 1. The van der Waals surface area contributed by atoms with Gasteiger partial charge in [0.1, 0.15) is 0 Å². The third-order valence-electron chi connectivity index (χ3n) is 3.99. The molecule has 122 valence electrons. The van der Waals surface area contributed by atoms with Crippen molar-refractivity contribution in [1.29, 1.82) is 0 Å². The molecule has 21 heavy (non-hydrogen) atoms. The summed E-state index contributed by atoms with van der Waals surface area (Å²) >= 11 is 1.75. The highest BCUT2D eigenvalue weighted by atomic mass is 32.2.